The van der Waals surface area contributed by atoms with E-state index in [1.165, 1.54) is 33.8 Å². The van der Waals surface area contributed by atoms with Crippen molar-refractivity contribution in [3.8, 4) is 63.9 Å². The second kappa shape index (κ2) is 40.8. The number of anilines is 4. The quantitative estimate of drug-likeness (QED) is 0.0436. The van der Waals surface area contributed by atoms with Crippen molar-refractivity contribution >= 4 is 46.4 Å². The molecule has 0 aliphatic carbocycles. The van der Waals surface area contributed by atoms with Gasteiger partial charge in [-0.15, -0.1) is 0 Å². The maximum absolute atomic E-state index is 13.3. The number of para-hydroxylation sites is 5. The second-order valence-electron chi connectivity index (χ2n) is 22.1. The molecule has 0 fully saturated rings. The summed E-state index contributed by atoms with van der Waals surface area (Å²) in [5.41, 5.74) is 4.43. The van der Waals surface area contributed by atoms with Crippen molar-refractivity contribution in [3.63, 3.8) is 0 Å². The summed E-state index contributed by atoms with van der Waals surface area (Å²) in [5.74, 6) is 1.93. The van der Waals surface area contributed by atoms with Gasteiger partial charge in [-0.05, 0) is 121 Å². The zero-order valence-corrected chi connectivity index (χ0v) is 57.8. The van der Waals surface area contributed by atoms with Crippen LogP contribution < -0.4 is 52.8 Å². The largest absolute Gasteiger partial charge is 0.496 e. The highest BCUT2D eigenvalue weighted by Gasteiger charge is 2.27. The van der Waals surface area contributed by atoms with E-state index in [-0.39, 0.29) is 49.7 Å². The summed E-state index contributed by atoms with van der Waals surface area (Å²) in [4.78, 5) is 79.4. The molecular weight excluding hydrogens is 1360 g/mol. The van der Waals surface area contributed by atoms with Crippen LogP contribution in [0.15, 0.2) is 286 Å². The maximum atomic E-state index is 13.3. The minimum absolute atomic E-state index is 0.0661. The molecule has 0 aliphatic heterocycles. The second-order valence-corrected chi connectivity index (χ2v) is 22.1. The number of halogens is 4. The molecule has 21 nitrogen and oxygen atoms in total. The Labute approximate surface area is 609 Å². The summed E-state index contributed by atoms with van der Waals surface area (Å²) in [5, 5.41) is 0. The van der Waals surface area contributed by atoms with Crippen LogP contribution >= 0.6 is 0 Å². The highest BCUT2D eigenvalue weighted by atomic mass is 18.2. The Morgan fingerprint density at radius 2 is 0.585 bits per heavy atom. The first-order valence-corrected chi connectivity index (χ1v) is 32.7. The molecule has 4 amide bonds. The van der Waals surface area contributed by atoms with E-state index in [1.54, 1.807) is 172 Å². The van der Waals surface area contributed by atoms with Gasteiger partial charge in [-0.2, -0.15) is 0 Å². The fourth-order valence-electron chi connectivity index (χ4n) is 10.2. The van der Waals surface area contributed by atoms with Crippen molar-refractivity contribution in [2.45, 2.75) is 26.2 Å². The number of aromatic nitrogens is 6. The molecule has 0 radical (unpaired) electrons. The van der Waals surface area contributed by atoms with Crippen molar-refractivity contribution in [1.29, 1.82) is 0 Å². The van der Waals surface area contributed by atoms with E-state index in [4.69, 9.17) is 33.2 Å². The highest BCUT2D eigenvalue weighted by molar-refractivity contribution is 5.97. The standard InChI is InChI=1S/C21H19FN2O3.2C20H18FN3O3.C20H17FN2O2/c1-26-19-12-6-5-8-16(19)15-24(20(25)14-22)18-11-7-13-23-21(18)27-17-9-3-2-4-10-17;1-26-19-15(7-5-11-22-19)14-24(18(25)13-21)17-10-6-12-23-20(17)27-16-8-3-2-4-9-16;1-26-18-9-11-22-13-15(18)14-24(19(25)12-21)17-8-5-10-23-20(17)27-16-6-3-2-4-7-16;21-14-19(24)23(15-16-8-3-1-4-9-16)18-12-7-13-22-20(18)25-17-10-5-2-6-11-17/h2-13H,14-15H2,1H3;2-12H,13-14H2,1H3;2-11,13H,12,14H2,1H3;1-13H,14-15H2/i22-1;3*21-1. The predicted octanol–water partition coefficient (Wildman–Crippen LogP) is 16.3. The zero-order valence-electron chi connectivity index (χ0n) is 57.8. The smallest absolute Gasteiger partial charge is 0.258 e. The van der Waals surface area contributed by atoms with Crippen LogP contribution in [0.4, 0.5) is 40.3 Å². The van der Waals surface area contributed by atoms with Gasteiger partial charge in [-0.1, -0.05) is 127 Å². The number of amides is 4. The molecule has 0 bridgehead atoms. The average molecular weight is 1430 g/mol. The van der Waals surface area contributed by atoms with Crippen molar-refractivity contribution < 1.29 is 69.9 Å². The van der Waals surface area contributed by atoms with Gasteiger partial charge < -0.3 is 52.8 Å². The Morgan fingerprint density at radius 3 is 0.943 bits per heavy atom. The third kappa shape index (κ3) is 22.0. The van der Waals surface area contributed by atoms with Crippen LogP contribution in [0, 0.1) is 0 Å². The van der Waals surface area contributed by atoms with E-state index in [1.807, 2.05) is 121 Å². The molecule has 0 unspecified atom stereocenters. The van der Waals surface area contributed by atoms with Crippen molar-refractivity contribution in [2.75, 3.05) is 67.6 Å². The molecule has 0 atom stereocenters. The molecule has 6 aromatic carbocycles. The van der Waals surface area contributed by atoms with Gasteiger partial charge in [-0.25, -0.2) is 42.5 Å². The summed E-state index contributed by atoms with van der Waals surface area (Å²) < 4.78 is 92.1. The van der Waals surface area contributed by atoms with Gasteiger partial charge >= 0.3 is 0 Å². The Balaban J connectivity index is 0.000000164. The number of benzene rings is 6. The number of methoxy groups -OCH3 is 3. The van der Waals surface area contributed by atoms with Crippen molar-refractivity contribution in [1.82, 2.24) is 29.9 Å². The van der Waals surface area contributed by atoms with Gasteiger partial charge in [0.05, 0.1) is 47.5 Å². The molecule has 540 valence electrons. The van der Waals surface area contributed by atoms with Crippen molar-refractivity contribution in [2.24, 2.45) is 0 Å². The van der Waals surface area contributed by atoms with E-state index in [9.17, 15) is 36.7 Å². The SMILES string of the molecule is COc1ccccc1CN(C(=O)C[18F])c1cccnc1Oc1ccccc1.COc1ccncc1CN(C(=O)C[18F])c1cccnc1Oc1ccccc1.COc1ncccc1CN(C(=O)C[18F])c1cccnc1Oc1ccccc1.O=C(C[18F])N(Cc1ccccc1)c1cccnc1Oc1ccccc1. The Bertz CT molecular complexity index is 4370. The van der Waals surface area contributed by atoms with Crippen LogP contribution in [-0.4, -0.2) is 102 Å². The molecule has 0 saturated carbocycles. The summed E-state index contributed by atoms with van der Waals surface area (Å²) in [6, 6.07) is 71.5. The lowest BCUT2D eigenvalue weighted by atomic mass is 10.1. The number of hydrogen-bond acceptors (Lipinski definition) is 17. The summed E-state index contributed by atoms with van der Waals surface area (Å²) >= 11 is 0. The monoisotopic (exact) mass is 1430 g/mol. The van der Waals surface area contributed by atoms with E-state index in [2.05, 4.69) is 29.9 Å². The van der Waals surface area contributed by atoms with Crippen LogP contribution in [0.3, 0.4) is 0 Å². The fraction of sp³-hybridized carbons (Fsp3) is 0.136. The average Bonchev–Trinajstić information content (AvgIpc) is 0.835. The molecule has 6 heterocycles. The minimum atomic E-state index is -1.15. The maximum Gasteiger partial charge on any atom is 0.258 e. The summed E-state index contributed by atoms with van der Waals surface area (Å²) in [7, 11) is 4.56. The predicted molar refractivity (Wildman–Crippen MR) is 393 cm³/mol. The molecule has 6 aromatic heterocycles. The third-order valence-electron chi connectivity index (χ3n) is 15.1. The van der Waals surface area contributed by atoms with E-state index < -0.39 is 50.3 Å². The first-order chi connectivity index (χ1) is 51.9. The molecule has 0 spiro atoms. The van der Waals surface area contributed by atoms with Gasteiger partial charge in [0.25, 0.3) is 23.6 Å². The third-order valence-corrected chi connectivity index (χ3v) is 15.1. The number of hydrogen-bond donors (Lipinski definition) is 0. The first kappa shape index (κ1) is 76.6. The van der Waals surface area contributed by atoms with Gasteiger partial charge in [-0.3, -0.25) is 24.2 Å². The highest BCUT2D eigenvalue weighted by Crippen LogP contribution is 2.37. The lowest BCUT2D eigenvalue weighted by Crippen LogP contribution is -2.32. The Kier molecular flexibility index (Phi) is 29.5. The Hall–Kier alpha value is -13.6. The zero-order chi connectivity index (χ0) is 74.7. The van der Waals surface area contributed by atoms with E-state index in [0.717, 1.165) is 11.1 Å². The van der Waals surface area contributed by atoms with E-state index >= 15 is 0 Å². The number of pyridine rings is 6. The molecule has 25 heteroatoms. The van der Waals surface area contributed by atoms with Gasteiger partial charge in [0, 0.05) is 60.1 Å². The molecule has 12 rings (SSSR count). The van der Waals surface area contributed by atoms with Crippen LogP contribution in [-0.2, 0) is 45.4 Å². The molecule has 12 aromatic rings. The lowest BCUT2D eigenvalue weighted by molar-refractivity contribution is -0.120. The van der Waals surface area contributed by atoms with Gasteiger partial charge in [0.2, 0.25) is 29.4 Å². The molecule has 0 N–H and O–H groups in total. The number of nitrogens with zero attached hydrogens (tertiary/aromatic N) is 10. The Morgan fingerprint density at radius 1 is 0.292 bits per heavy atom. The number of carbonyl (C=O) groups is 4. The topological polar surface area (TPSA) is 223 Å². The van der Waals surface area contributed by atoms with Crippen LogP contribution in [0.2, 0.25) is 0 Å². The molecule has 0 aliphatic rings. The molecular formula is C81H72F4N10O11. The van der Waals surface area contributed by atoms with E-state index in [0.29, 0.717) is 74.3 Å². The normalized spacial score (nSPS) is 10.3. The fourth-order valence-corrected chi connectivity index (χ4v) is 10.2. The summed E-state index contributed by atoms with van der Waals surface area (Å²) in [6.45, 7) is -4.02. The lowest BCUT2D eigenvalue weighted by Gasteiger charge is -2.24. The number of carbonyl (C=O) groups excluding carboxylic acids is 4. The van der Waals surface area contributed by atoms with Gasteiger partial charge in [0.1, 0.15) is 57.2 Å². The molecule has 0 saturated heterocycles. The number of ether oxygens (including phenoxy) is 7. The minimum Gasteiger partial charge on any atom is -0.496 e. The van der Waals surface area contributed by atoms with Crippen molar-refractivity contribution in [3.05, 3.63) is 308 Å². The first-order valence-electron chi connectivity index (χ1n) is 32.7. The van der Waals surface area contributed by atoms with Gasteiger partial charge in [0.15, 0.2) is 26.7 Å². The van der Waals surface area contributed by atoms with Crippen LogP contribution in [0.5, 0.6) is 63.9 Å². The summed E-state index contributed by atoms with van der Waals surface area (Å²) in [6.07, 6.45) is 11.0. The molecule has 106 heavy (non-hydrogen) atoms. The van der Waals surface area contributed by atoms with Crippen LogP contribution in [0.1, 0.15) is 22.3 Å². The number of rotatable bonds is 27. The number of alkyl halides is 4. The van der Waals surface area contributed by atoms with Crippen LogP contribution in [0.25, 0.3) is 0 Å².